The van der Waals surface area contributed by atoms with Crippen molar-refractivity contribution in [2.45, 2.75) is 30.7 Å². The molecule has 1 heterocycles. The van der Waals surface area contributed by atoms with E-state index in [9.17, 15) is 15.3 Å². The molecule has 1 aliphatic rings. The van der Waals surface area contributed by atoms with E-state index in [2.05, 4.69) is 12.6 Å². The van der Waals surface area contributed by atoms with E-state index < -0.39 is 37.3 Å². The lowest BCUT2D eigenvalue weighted by atomic mass is 9.99. The van der Waals surface area contributed by atoms with Crippen LogP contribution < -0.4 is 0 Å². The monoisotopic (exact) mass is 284 g/mol. The number of hydrogen-bond acceptors (Lipinski definition) is 8. The van der Waals surface area contributed by atoms with Gasteiger partial charge in [0.05, 0.1) is 26.4 Å². The van der Waals surface area contributed by atoms with Crippen molar-refractivity contribution in [1.82, 2.24) is 0 Å². The summed E-state index contributed by atoms with van der Waals surface area (Å²) in [6.45, 7) is 0.480. The molecule has 108 valence electrons. The van der Waals surface area contributed by atoms with Crippen molar-refractivity contribution in [3.63, 3.8) is 0 Å². The van der Waals surface area contributed by atoms with Gasteiger partial charge in [-0.3, -0.25) is 0 Å². The Morgan fingerprint density at radius 1 is 1.00 bits per heavy atom. The molecule has 7 nitrogen and oxygen atoms in total. The first-order valence-electron chi connectivity index (χ1n) is 5.72. The Morgan fingerprint density at radius 2 is 1.72 bits per heavy atom. The van der Waals surface area contributed by atoms with Crippen molar-refractivity contribution >= 4 is 12.6 Å². The zero-order valence-corrected chi connectivity index (χ0v) is 10.8. The van der Waals surface area contributed by atoms with E-state index in [1.807, 2.05) is 0 Å². The van der Waals surface area contributed by atoms with E-state index in [0.29, 0.717) is 19.0 Å². The molecule has 0 saturated carbocycles. The van der Waals surface area contributed by atoms with Gasteiger partial charge in [-0.15, -0.1) is 0 Å². The molecule has 1 saturated heterocycles. The fourth-order valence-corrected chi connectivity index (χ4v) is 1.72. The predicted molar refractivity (Wildman–Crippen MR) is 64.4 cm³/mol. The third-order valence-corrected chi connectivity index (χ3v) is 2.78. The molecule has 1 rings (SSSR count). The normalized spacial score (nSPS) is 36.8. The summed E-state index contributed by atoms with van der Waals surface area (Å²) in [5, 5.41) is 37.6. The van der Waals surface area contributed by atoms with Crippen molar-refractivity contribution < 1.29 is 34.6 Å². The Balaban J connectivity index is 2.35. The molecular weight excluding hydrogens is 264 g/mol. The van der Waals surface area contributed by atoms with E-state index in [4.69, 9.17) is 19.3 Å². The minimum atomic E-state index is -1.42. The van der Waals surface area contributed by atoms with Gasteiger partial charge < -0.3 is 34.6 Å². The molecule has 18 heavy (non-hydrogen) atoms. The maximum Gasteiger partial charge on any atom is 0.186 e. The SMILES string of the molecule is OCC1OC(OCCOCCS)C(O)C(O)C1O. The molecule has 0 aliphatic carbocycles. The zero-order chi connectivity index (χ0) is 13.5. The third kappa shape index (κ3) is 4.32. The Labute approximate surface area is 111 Å². The van der Waals surface area contributed by atoms with Crippen molar-refractivity contribution in [2.24, 2.45) is 0 Å². The van der Waals surface area contributed by atoms with Crippen LogP contribution in [0.5, 0.6) is 0 Å². The van der Waals surface area contributed by atoms with Crippen LogP contribution in [0.25, 0.3) is 0 Å². The molecule has 0 radical (unpaired) electrons. The highest BCUT2D eigenvalue weighted by Gasteiger charge is 2.43. The molecule has 1 fully saturated rings. The van der Waals surface area contributed by atoms with Crippen LogP contribution in [0.15, 0.2) is 0 Å². The molecule has 0 spiro atoms. The molecule has 4 N–H and O–H groups in total. The molecule has 0 aromatic carbocycles. The molecule has 0 aromatic heterocycles. The van der Waals surface area contributed by atoms with Crippen LogP contribution in [-0.2, 0) is 14.2 Å². The molecule has 0 aromatic rings. The van der Waals surface area contributed by atoms with Crippen LogP contribution in [0.3, 0.4) is 0 Å². The molecular formula is C10H20O7S. The van der Waals surface area contributed by atoms with Gasteiger partial charge in [0.2, 0.25) is 0 Å². The van der Waals surface area contributed by atoms with Crippen molar-refractivity contribution in [3.05, 3.63) is 0 Å². The van der Waals surface area contributed by atoms with Crippen LogP contribution in [0.4, 0.5) is 0 Å². The number of hydrogen-bond donors (Lipinski definition) is 5. The smallest absolute Gasteiger partial charge is 0.186 e. The predicted octanol–water partition coefficient (Wildman–Crippen LogP) is -2.25. The van der Waals surface area contributed by atoms with Gasteiger partial charge in [0.1, 0.15) is 24.4 Å². The maximum absolute atomic E-state index is 9.63. The summed E-state index contributed by atoms with van der Waals surface area (Å²) >= 11 is 3.97. The number of thiol groups is 1. The Bertz CT molecular complexity index is 228. The average molecular weight is 284 g/mol. The number of aliphatic hydroxyl groups is 4. The Morgan fingerprint density at radius 3 is 2.33 bits per heavy atom. The first kappa shape index (κ1) is 16.1. The second kappa shape index (κ2) is 8.28. The van der Waals surface area contributed by atoms with Gasteiger partial charge in [0.25, 0.3) is 0 Å². The van der Waals surface area contributed by atoms with Gasteiger partial charge in [-0.2, -0.15) is 12.6 Å². The van der Waals surface area contributed by atoms with E-state index in [1.165, 1.54) is 0 Å². The maximum atomic E-state index is 9.63. The van der Waals surface area contributed by atoms with Crippen LogP contribution in [0.1, 0.15) is 0 Å². The van der Waals surface area contributed by atoms with Gasteiger partial charge in [0, 0.05) is 5.75 Å². The third-order valence-electron chi connectivity index (χ3n) is 2.59. The standard InChI is InChI=1S/C10H20O7S/c11-5-6-7(12)8(13)9(14)10(17-6)16-2-1-15-3-4-18/h6-14,18H,1-5H2. The van der Waals surface area contributed by atoms with Crippen LogP contribution in [-0.4, -0.2) is 83.3 Å². The lowest BCUT2D eigenvalue weighted by molar-refractivity contribution is -0.302. The van der Waals surface area contributed by atoms with Crippen molar-refractivity contribution in [1.29, 1.82) is 0 Å². The summed E-state index contributed by atoms with van der Waals surface area (Å²) < 4.78 is 15.4. The second-order valence-corrected chi connectivity index (χ2v) is 4.35. The molecule has 8 heteroatoms. The van der Waals surface area contributed by atoms with Crippen LogP contribution in [0.2, 0.25) is 0 Å². The van der Waals surface area contributed by atoms with E-state index in [-0.39, 0.29) is 6.61 Å². The van der Waals surface area contributed by atoms with Crippen LogP contribution in [0, 0.1) is 0 Å². The minimum absolute atomic E-state index is 0.163. The second-order valence-electron chi connectivity index (χ2n) is 3.90. The van der Waals surface area contributed by atoms with Crippen LogP contribution >= 0.6 is 12.6 Å². The fourth-order valence-electron chi connectivity index (χ4n) is 1.59. The highest BCUT2D eigenvalue weighted by atomic mass is 32.1. The average Bonchev–Trinajstić information content (AvgIpc) is 2.38. The summed E-state index contributed by atoms with van der Waals surface area (Å²) in [5.74, 6) is 0.597. The summed E-state index contributed by atoms with van der Waals surface area (Å²) in [7, 11) is 0. The summed E-state index contributed by atoms with van der Waals surface area (Å²) in [5.41, 5.74) is 0. The lowest BCUT2D eigenvalue weighted by Gasteiger charge is -2.39. The fraction of sp³-hybridized carbons (Fsp3) is 1.00. The first-order valence-corrected chi connectivity index (χ1v) is 6.35. The number of rotatable bonds is 7. The molecule has 0 bridgehead atoms. The first-order chi connectivity index (χ1) is 8.61. The Kier molecular flexibility index (Phi) is 7.42. The minimum Gasteiger partial charge on any atom is -0.394 e. The van der Waals surface area contributed by atoms with Gasteiger partial charge in [-0.05, 0) is 0 Å². The zero-order valence-electron chi connectivity index (χ0n) is 9.88. The largest absolute Gasteiger partial charge is 0.394 e. The van der Waals surface area contributed by atoms with E-state index in [1.54, 1.807) is 0 Å². The van der Waals surface area contributed by atoms with Gasteiger partial charge >= 0.3 is 0 Å². The molecule has 5 unspecified atom stereocenters. The van der Waals surface area contributed by atoms with E-state index >= 15 is 0 Å². The Hall–Kier alpha value is 0.0700. The molecule has 5 atom stereocenters. The van der Waals surface area contributed by atoms with Gasteiger partial charge in [-0.1, -0.05) is 0 Å². The summed E-state index contributed by atoms with van der Waals surface area (Å²) in [4.78, 5) is 0. The molecule has 0 amide bonds. The quantitative estimate of drug-likeness (QED) is 0.265. The highest BCUT2D eigenvalue weighted by molar-refractivity contribution is 7.80. The molecule has 1 aliphatic heterocycles. The topological polar surface area (TPSA) is 109 Å². The van der Waals surface area contributed by atoms with Gasteiger partial charge in [-0.25, -0.2) is 0 Å². The number of ether oxygens (including phenoxy) is 3. The lowest BCUT2D eigenvalue weighted by Crippen LogP contribution is -2.59. The number of aliphatic hydroxyl groups excluding tert-OH is 4. The van der Waals surface area contributed by atoms with Crippen molar-refractivity contribution in [3.8, 4) is 0 Å². The van der Waals surface area contributed by atoms with Crippen molar-refractivity contribution in [2.75, 3.05) is 32.2 Å². The van der Waals surface area contributed by atoms with Gasteiger partial charge in [0.15, 0.2) is 6.29 Å². The van der Waals surface area contributed by atoms with E-state index in [0.717, 1.165) is 0 Å². The highest BCUT2D eigenvalue weighted by Crippen LogP contribution is 2.21. The summed E-state index contributed by atoms with van der Waals surface area (Å²) in [6.07, 6.45) is -6.20. The summed E-state index contributed by atoms with van der Waals surface area (Å²) in [6, 6.07) is 0.